The third-order valence-electron chi connectivity index (χ3n) is 3.89. The normalized spacial score (nSPS) is 15.6. The maximum absolute atomic E-state index is 12.4. The maximum atomic E-state index is 12.4. The van der Waals surface area contributed by atoms with Gasteiger partial charge in [0, 0.05) is 37.0 Å². The third-order valence-corrected chi connectivity index (χ3v) is 3.89. The van der Waals surface area contributed by atoms with E-state index >= 15 is 0 Å². The molecule has 0 fully saturated rings. The number of amides is 1. The van der Waals surface area contributed by atoms with Gasteiger partial charge in [-0.1, -0.05) is 5.57 Å². The first kappa shape index (κ1) is 16.2. The molecule has 0 spiro atoms. The number of aromatic nitrogens is 2. The van der Waals surface area contributed by atoms with E-state index in [9.17, 15) is 9.59 Å². The molecule has 7 nitrogen and oxygen atoms in total. The van der Waals surface area contributed by atoms with E-state index in [1.165, 1.54) is 5.01 Å². The van der Waals surface area contributed by atoms with E-state index < -0.39 is 5.97 Å². The molecular formula is C15H22N4O3. The number of carboxylic acid groups (broad SMARTS) is 1. The van der Waals surface area contributed by atoms with E-state index in [0.29, 0.717) is 25.1 Å². The first-order chi connectivity index (χ1) is 10.4. The van der Waals surface area contributed by atoms with Gasteiger partial charge in [-0.25, -0.2) is 5.43 Å². The molecule has 120 valence electrons. The lowest BCUT2D eigenvalue weighted by molar-refractivity contribution is -0.139. The number of hydrogen-bond donors (Lipinski definition) is 2. The molecule has 0 atom stereocenters. The average molecular weight is 306 g/mol. The van der Waals surface area contributed by atoms with E-state index in [0.717, 1.165) is 23.4 Å². The van der Waals surface area contributed by atoms with Crippen molar-refractivity contribution in [2.24, 2.45) is 0 Å². The minimum atomic E-state index is -0.982. The largest absolute Gasteiger partial charge is 0.481 e. The summed E-state index contributed by atoms with van der Waals surface area (Å²) in [7, 11) is 0. The number of aliphatic carboxylic acids is 1. The van der Waals surface area contributed by atoms with Crippen LogP contribution in [0, 0.1) is 6.92 Å². The van der Waals surface area contributed by atoms with Gasteiger partial charge < -0.3 is 5.11 Å². The second-order valence-electron chi connectivity index (χ2n) is 5.47. The molecule has 1 aliphatic rings. The summed E-state index contributed by atoms with van der Waals surface area (Å²) in [6, 6.07) is 0. The van der Waals surface area contributed by atoms with Crippen LogP contribution in [0.1, 0.15) is 37.9 Å². The van der Waals surface area contributed by atoms with Crippen LogP contribution < -0.4 is 5.43 Å². The molecule has 1 aromatic rings. The fourth-order valence-corrected chi connectivity index (χ4v) is 2.48. The van der Waals surface area contributed by atoms with Gasteiger partial charge >= 0.3 is 5.97 Å². The zero-order chi connectivity index (χ0) is 16.3. The molecule has 7 heteroatoms. The quantitative estimate of drug-likeness (QED) is 0.825. The van der Waals surface area contributed by atoms with Crippen molar-refractivity contribution < 1.29 is 14.7 Å². The number of nitrogens with one attached hydrogen (secondary N) is 1. The van der Waals surface area contributed by atoms with Gasteiger partial charge in [-0.2, -0.15) is 5.10 Å². The van der Waals surface area contributed by atoms with Gasteiger partial charge in [-0.3, -0.25) is 19.3 Å². The molecule has 2 rings (SSSR count). The number of hydrazine groups is 1. The summed E-state index contributed by atoms with van der Waals surface area (Å²) in [6.07, 6.45) is 2.42. The van der Waals surface area contributed by atoms with Crippen LogP contribution in [0.3, 0.4) is 0 Å². The summed E-state index contributed by atoms with van der Waals surface area (Å²) in [5, 5.41) is 14.8. The minimum absolute atomic E-state index is 0.227. The Balaban J connectivity index is 2.03. The molecule has 1 aliphatic heterocycles. The van der Waals surface area contributed by atoms with E-state index in [2.05, 4.69) is 10.5 Å². The zero-order valence-electron chi connectivity index (χ0n) is 13.2. The van der Waals surface area contributed by atoms with E-state index in [4.69, 9.17) is 5.11 Å². The van der Waals surface area contributed by atoms with Crippen LogP contribution in [0.4, 0.5) is 0 Å². The highest BCUT2D eigenvalue weighted by Crippen LogP contribution is 2.20. The van der Waals surface area contributed by atoms with Gasteiger partial charge in [0.15, 0.2) is 0 Å². The number of carbonyl (C=O) groups excluding carboxylic acids is 1. The van der Waals surface area contributed by atoms with Crippen LogP contribution in [-0.4, -0.2) is 38.3 Å². The first-order valence-corrected chi connectivity index (χ1v) is 7.41. The Morgan fingerprint density at radius 2 is 2.18 bits per heavy atom. The average Bonchev–Trinajstić information content (AvgIpc) is 2.83. The lowest BCUT2D eigenvalue weighted by Crippen LogP contribution is -2.46. The van der Waals surface area contributed by atoms with Gasteiger partial charge in [0.1, 0.15) is 0 Å². The molecule has 0 radical (unpaired) electrons. The summed E-state index contributed by atoms with van der Waals surface area (Å²) < 4.78 is 1.85. The molecule has 0 aromatic carbocycles. The van der Waals surface area contributed by atoms with Crippen molar-refractivity contribution in [1.29, 1.82) is 0 Å². The molecule has 0 saturated heterocycles. The van der Waals surface area contributed by atoms with E-state index in [-0.39, 0.29) is 12.3 Å². The molecule has 0 saturated carbocycles. The second-order valence-corrected chi connectivity index (χ2v) is 5.47. The third kappa shape index (κ3) is 3.54. The van der Waals surface area contributed by atoms with Gasteiger partial charge in [0.2, 0.25) is 0 Å². The summed E-state index contributed by atoms with van der Waals surface area (Å²) in [5.41, 5.74) is 6.29. The standard InChI is InChI=1S/C15H22N4O3/c1-4-18-9-12(11(3)17-18)8-16-19-6-5-10(2)13(15(19)22)7-14(20)21/h9,16H,4-8H2,1-3H3,(H,20,21). The Hall–Kier alpha value is -2.15. The highest BCUT2D eigenvalue weighted by molar-refractivity contribution is 5.98. The number of nitrogens with zero attached hydrogens (tertiary/aromatic N) is 3. The number of carboxylic acids is 1. The van der Waals surface area contributed by atoms with Crippen LogP contribution in [0.25, 0.3) is 0 Å². The maximum Gasteiger partial charge on any atom is 0.308 e. The van der Waals surface area contributed by atoms with Crippen molar-refractivity contribution in [2.75, 3.05) is 6.54 Å². The first-order valence-electron chi connectivity index (χ1n) is 7.41. The molecule has 2 heterocycles. The molecule has 2 N–H and O–H groups in total. The molecular weight excluding hydrogens is 284 g/mol. The molecule has 0 aliphatic carbocycles. The summed E-state index contributed by atoms with van der Waals surface area (Å²) in [5.74, 6) is -1.23. The van der Waals surface area contributed by atoms with Crippen LogP contribution in [0.15, 0.2) is 17.3 Å². The highest BCUT2D eigenvalue weighted by atomic mass is 16.4. The Bertz CT molecular complexity index is 618. The van der Waals surface area contributed by atoms with Gasteiger partial charge in [0.05, 0.1) is 12.1 Å². The summed E-state index contributed by atoms with van der Waals surface area (Å²) in [4.78, 5) is 23.2. The number of aryl methyl sites for hydroxylation is 2. The van der Waals surface area contributed by atoms with Crippen LogP contribution in [-0.2, 0) is 22.7 Å². The van der Waals surface area contributed by atoms with Crippen LogP contribution in [0.5, 0.6) is 0 Å². The van der Waals surface area contributed by atoms with Crippen molar-refractivity contribution in [2.45, 2.75) is 46.7 Å². The lowest BCUT2D eigenvalue weighted by Gasteiger charge is -2.29. The fraction of sp³-hybridized carbons (Fsp3) is 0.533. The van der Waals surface area contributed by atoms with E-state index in [1.807, 2.05) is 31.6 Å². The monoisotopic (exact) mass is 306 g/mol. The second kappa shape index (κ2) is 6.74. The number of rotatable bonds is 6. The fourth-order valence-electron chi connectivity index (χ4n) is 2.48. The van der Waals surface area contributed by atoms with E-state index in [1.54, 1.807) is 0 Å². The van der Waals surface area contributed by atoms with Gasteiger partial charge in [-0.05, 0) is 27.2 Å². The van der Waals surface area contributed by atoms with Gasteiger partial charge in [0.25, 0.3) is 5.91 Å². The molecule has 0 unspecified atom stereocenters. The molecule has 22 heavy (non-hydrogen) atoms. The minimum Gasteiger partial charge on any atom is -0.481 e. The lowest BCUT2D eigenvalue weighted by atomic mass is 9.99. The van der Waals surface area contributed by atoms with Crippen LogP contribution in [0.2, 0.25) is 0 Å². The Labute approximate surface area is 129 Å². The smallest absolute Gasteiger partial charge is 0.308 e. The van der Waals surface area contributed by atoms with Crippen molar-refractivity contribution in [3.8, 4) is 0 Å². The Kier molecular flexibility index (Phi) is 4.97. The van der Waals surface area contributed by atoms with Crippen LogP contribution >= 0.6 is 0 Å². The van der Waals surface area contributed by atoms with Crippen molar-refractivity contribution >= 4 is 11.9 Å². The molecule has 0 bridgehead atoms. The summed E-state index contributed by atoms with van der Waals surface area (Å²) >= 11 is 0. The van der Waals surface area contributed by atoms with Crippen molar-refractivity contribution in [3.05, 3.63) is 28.6 Å². The number of hydrogen-bond acceptors (Lipinski definition) is 4. The van der Waals surface area contributed by atoms with Crippen molar-refractivity contribution in [3.63, 3.8) is 0 Å². The zero-order valence-corrected chi connectivity index (χ0v) is 13.2. The van der Waals surface area contributed by atoms with Crippen molar-refractivity contribution in [1.82, 2.24) is 20.2 Å². The summed E-state index contributed by atoms with van der Waals surface area (Å²) in [6.45, 7) is 7.62. The highest BCUT2D eigenvalue weighted by Gasteiger charge is 2.26. The Morgan fingerprint density at radius 1 is 1.45 bits per heavy atom. The van der Waals surface area contributed by atoms with Gasteiger partial charge in [-0.15, -0.1) is 0 Å². The number of carbonyl (C=O) groups is 2. The SMILES string of the molecule is CCn1cc(CNN2CCC(C)=C(CC(=O)O)C2=O)c(C)n1. The molecule has 1 amide bonds. The predicted molar refractivity (Wildman–Crippen MR) is 80.8 cm³/mol. The topological polar surface area (TPSA) is 87.5 Å². The predicted octanol–water partition coefficient (Wildman–Crippen LogP) is 1.24. The molecule has 1 aromatic heterocycles. The Morgan fingerprint density at radius 3 is 2.77 bits per heavy atom.